The fourth-order valence-corrected chi connectivity index (χ4v) is 3.79. The summed E-state index contributed by atoms with van der Waals surface area (Å²) in [6, 6.07) is 17.3. The minimum Gasteiger partial charge on any atom is -0.496 e. The molecule has 6 nitrogen and oxygen atoms in total. The Morgan fingerprint density at radius 3 is 2.80 bits per heavy atom. The van der Waals surface area contributed by atoms with Crippen molar-refractivity contribution in [1.82, 2.24) is 9.88 Å². The smallest absolute Gasteiger partial charge is 0.260 e. The van der Waals surface area contributed by atoms with Crippen LogP contribution in [0.15, 0.2) is 65.2 Å². The number of amides is 1. The number of hydrogen-bond donors (Lipinski definition) is 0. The van der Waals surface area contributed by atoms with Gasteiger partial charge in [0, 0.05) is 25.1 Å². The lowest BCUT2D eigenvalue weighted by Crippen LogP contribution is -2.41. The first kappa shape index (κ1) is 20.0. The Morgan fingerprint density at radius 2 is 1.97 bits per heavy atom. The molecule has 30 heavy (non-hydrogen) atoms. The number of piperidine rings is 1. The topological polar surface area (TPSA) is 64.8 Å². The number of oxazole rings is 1. The zero-order chi connectivity index (χ0) is 20.8. The maximum absolute atomic E-state index is 12.6. The van der Waals surface area contributed by atoms with Crippen molar-refractivity contribution in [3.63, 3.8) is 0 Å². The molecule has 2 aromatic carbocycles. The van der Waals surface area contributed by atoms with Crippen molar-refractivity contribution in [2.75, 3.05) is 26.8 Å². The summed E-state index contributed by atoms with van der Waals surface area (Å²) in [6.45, 7) is 1.38. The molecule has 156 valence electrons. The fraction of sp³-hybridized carbons (Fsp3) is 0.333. The van der Waals surface area contributed by atoms with E-state index in [2.05, 4.69) is 4.98 Å². The van der Waals surface area contributed by atoms with E-state index in [0.29, 0.717) is 24.6 Å². The molecule has 0 radical (unpaired) electrons. The molecule has 0 bridgehead atoms. The van der Waals surface area contributed by atoms with Gasteiger partial charge in [-0.25, -0.2) is 4.98 Å². The number of rotatable bonds is 7. The molecule has 2 heterocycles. The molecule has 6 heteroatoms. The number of aromatic nitrogens is 1. The van der Waals surface area contributed by atoms with E-state index in [1.165, 1.54) is 0 Å². The van der Waals surface area contributed by atoms with Gasteiger partial charge < -0.3 is 18.8 Å². The number of hydrogen-bond acceptors (Lipinski definition) is 5. The molecule has 3 aromatic rings. The highest BCUT2D eigenvalue weighted by Crippen LogP contribution is 2.28. The summed E-state index contributed by atoms with van der Waals surface area (Å²) in [5, 5.41) is 0. The van der Waals surface area contributed by atoms with Gasteiger partial charge >= 0.3 is 0 Å². The van der Waals surface area contributed by atoms with Crippen molar-refractivity contribution < 1.29 is 18.7 Å². The van der Waals surface area contributed by atoms with Gasteiger partial charge in [-0.2, -0.15) is 0 Å². The highest BCUT2D eigenvalue weighted by atomic mass is 16.5. The van der Waals surface area contributed by atoms with Gasteiger partial charge in [0.15, 0.2) is 12.5 Å². The second-order valence-corrected chi connectivity index (χ2v) is 7.43. The molecule has 1 atom stereocenters. The van der Waals surface area contributed by atoms with Gasteiger partial charge in [-0.3, -0.25) is 4.79 Å². The quantitative estimate of drug-likeness (QED) is 0.592. The average Bonchev–Trinajstić information content (AvgIpc) is 3.27. The van der Waals surface area contributed by atoms with Crippen LogP contribution in [0, 0.1) is 0 Å². The summed E-state index contributed by atoms with van der Waals surface area (Å²) in [5.41, 5.74) is 1.06. The molecule has 1 fully saturated rings. The lowest BCUT2D eigenvalue weighted by molar-refractivity contribution is -0.134. The number of methoxy groups -OCH3 is 1. The zero-order valence-electron chi connectivity index (χ0n) is 17.1. The van der Waals surface area contributed by atoms with E-state index in [-0.39, 0.29) is 18.4 Å². The second kappa shape index (κ2) is 9.48. The van der Waals surface area contributed by atoms with Gasteiger partial charge in [-0.15, -0.1) is 0 Å². The normalized spacial score (nSPS) is 16.3. The maximum Gasteiger partial charge on any atom is 0.260 e. The largest absolute Gasteiger partial charge is 0.496 e. The monoisotopic (exact) mass is 406 g/mol. The molecule has 0 spiro atoms. The average molecular weight is 406 g/mol. The molecule has 1 saturated heterocycles. The van der Waals surface area contributed by atoms with Crippen molar-refractivity contribution in [3.05, 3.63) is 78.0 Å². The van der Waals surface area contributed by atoms with Crippen LogP contribution in [0.4, 0.5) is 0 Å². The molecule has 0 aliphatic carbocycles. The zero-order valence-corrected chi connectivity index (χ0v) is 17.1. The summed E-state index contributed by atoms with van der Waals surface area (Å²) in [7, 11) is 1.67. The number of ether oxygens (including phenoxy) is 2. The number of likely N-dealkylation sites (tertiary alicyclic amines) is 1. The van der Waals surface area contributed by atoms with E-state index >= 15 is 0 Å². The molecule has 4 rings (SSSR count). The van der Waals surface area contributed by atoms with Crippen LogP contribution in [0.2, 0.25) is 0 Å². The maximum atomic E-state index is 12.6. The minimum atomic E-state index is -0.00986. The van der Waals surface area contributed by atoms with Crippen molar-refractivity contribution in [1.29, 1.82) is 0 Å². The third-order valence-corrected chi connectivity index (χ3v) is 5.36. The lowest BCUT2D eigenvalue weighted by atomic mass is 9.98. The summed E-state index contributed by atoms with van der Waals surface area (Å²) in [6.07, 6.45) is 4.28. The summed E-state index contributed by atoms with van der Waals surface area (Å²) < 4.78 is 17.1. The first-order chi connectivity index (χ1) is 14.7. The van der Waals surface area contributed by atoms with Crippen LogP contribution in [0.25, 0.3) is 0 Å². The number of benzene rings is 2. The fourth-order valence-electron chi connectivity index (χ4n) is 3.79. The standard InChI is InChI=1S/C24H26N2O4/c1-28-22-12-6-5-8-18(22)14-21-15-25-24(30-21)19-9-7-13-26(16-19)23(27)17-29-20-10-3-2-4-11-20/h2-6,8,10-12,15,19H,7,9,13-14,16-17H2,1H3/t19-/m0/s1. The minimum absolute atomic E-state index is 0.00986. The Hall–Kier alpha value is -3.28. The van der Waals surface area contributed by atoms with Crippen LogP contribution in [0.3, 0.4) is 0 Å². The number of carbonyl (C=O) groups is 1. The molecule has 1 aliphatic rings. The SMILES string of the molecule is COc1ccccc1Cc1cnc([C@H]2CCCN(C(=O)COc3ccccc3)C2)o1. The summed E-state index contributed by atoms with van der Waals surface area (Å²) in [4.78, 5) is 19.0. The third-order valence-electron chi connectivity index (χ3n) is 5.36. The molecule has 1 aromatic heterocycles. The van der Waals surface area contributed by atoms with Crippen LogP contribution in [0.5, 0.6) is 11.5 Å². The molecular weight excluding hydrogens is 380 g/mol. The number of carbonyl (C=O) groups excluding carboxylic acids is 1. The highest BCUT2D eigenvalue weighted by molar-refractivity contribution is 5.78. The lowest BCUT2D eigenvalue weighted by Gasteiger charge is -2.31. The van der Waals surface area contributed by atoms with Crippen LogP contribution < -0.4 is 9.47 Å². The summed E-state index contributed by atoms with van der Waals surface area (Å²) >= 11 is 0. The van der Waals surface area contributed by atoms with Crippen molar-refractivity contribution in [3.8, 4) is 11.5 Å². The Kier molecular flexibility index (Phi) is 6.32. The van der Waals surface area contributed by atoms with E-state index in [4.69, 9.17) is 13.9 Å². The van der Waals surface area contributed by atoms with Crippen LogP contribution in [-0.4, -0.2) is 42.6 Å². The van der Waals surface area contributed by atoms with Crippen LogP contribution in [0.1, 0.15) is 36.0 Å². The molecule has 0 N–H and O–H groups in total. The van der Waals surface area contributed by atoms with Crippen LogP contribution >= 0.6 is 0 Å². The Labute approximate surface area is 176 Å². The van der Waals surface area contributed by atoms with Gasteiger partial charge in [-0.05, 0) is 31.0 Å². The molecule has 1 aliphatic heterocycles. The van der Waals surface area contributed by atoms with E-state index in [1.807, 2.05) is 59.5 Å². The first-order valence-corrected chi connectivity index (χ1v) is 10.2. The highest BCUT2D eigenvalue weighted by Gasteiger charge is 2.28. The summed E-state index contributed by atoms with van der Waals surface area (Å²) in [5.74, 6) is 3.12. The first-order valence-electron chi connectivity index (χ1n) is 10.2. The predicted molar refractivity (Wildman–Crippen MR) is 113 cm³/mol. The van der Waals surface area contributed by atoms with Gasteiger partial charge in [0.2, 0.25) is 0 Å². The van der Waals surface area contributed by atoms with E-state index in [1.54, 1.807) is 13.3 Å². The van der Waals surface area contributed by atoms with Gasteiger partial charge in [-0.1, -0.05) is 36.4 Å². The van der Waals surface area contributed by atoms with Crippen molar-refractivity contribution in [2.24, 2.45) is 0 Å². The predicted octanol–water partition coefficient (Wildman–Crippen LogP) is 4.06. The number of para-hydroxylation sites is 2. The van der Waals surface area contributed by atoms with Crippen molar-refractivity contribution >= 4 is 5.91 Å². The molecule has 0 unspecified atom stereocenters. The molecular formula is C24H26N2O4. The Bertz CT molecular complexity index is 970. The molecule has 1 amide bonds. The van der Waals surface area contributed by atoms with Gasteiger partial charge in [0.25, 0.3) is 5.91 Å². The van der Waals surface area contributed by atoms with E-state index < -0.39 is 0 Å². The van der Waals surface area contributed by atoms with Gasteiger partial charge in [0.1, 0.15) is 17.3 Å². The van der Waals surface area contributed by atoms with E-state index in [0.717, 1.165) is 36.5 Å². The second-order valence-electron chi connectivity index (χ2n) is 7.43. The number of nitrogens with zero attached hydrogens (tertiary/aromatic N) is 2. The Morgan fingerprint density at radius 1 is 1.17 bits per heavy atom. The van der Waals surface area contributed by atoms with E-state index in [9.17, 15) is 4.79 Å². The Balaban J connectivity index is 1.36. The third kappa shape index (κ3) is 4.82. The van der Waals surface area contributed by atoms with Crippen molar-refractivity contribution in [2.45, 2.75) is 25.2 Å². The van der Waals surface area contributed by atoms with Crippen LogP contribution in [-0.2, 0) is 11.2 Å². The van der Waals surface area contributed by atoms with Gasteiger partial charge in [0.05, 0.1) is 19.2 Å². The molecule has 0 saturated carbocycles.